The summed E-state index contributed by atoms with van der Waals surface area (Å²) in [5.41, 5.74) is 1.49. The highest BCUT2D eigenvalue weighted by Gasteiger charge is 2.23. The van der Waals surface area contributed by atoms with E-state index in [1.807, 2.05) is 11.3 Å². The van der Waals surface area contributed by atoms with Crippen LogP contribution in [-0.2, 0) is 0 Å². The summed E-state index contributed by atoms with van der Waals surface area (Å²) in [7, 11) is 0. The van der Waals surface area contributed by atoms with Crippen LogP contribution in [0.15, 0.2) is 28.1 Å². The Hall–Kier alpha value is -0.380. The molecule has 116 valence electrons. The number of halogens is 1. The van der Waals surface area contributed by atoms with Crippen LogP contribution in [0.25, 0.3) is 10.1 Å². The van der Waals surface area contributed by atoms with Gasteiger partial charge in [-0.25, -0.2) is 0 Å². The lowest BCUT2D eigenvalue weighted by Gasteiger charge is -2.27. The zero-order valence-electron chi connectivity index (χ0n) is 13.3. The number of fused-ring (bicyclic) bond motifs is 1. The predicted molar refractivity (Wildman–Crippen MR) is 99.2 cm³/mol. The summed E-state index contributed by atoms with van der Waals surface area (Å²) in [6.07, 6.45) is 5.16. The Morgan fingerprint density at radius 2 is 2.05 bits per heavy atom. The number of thiophene rings is 1. The number of nitrogens with one attached hydrogen (secondary N) is 1. The molecule has 0 saturated heterocycles. The first-order chi connectivity index (χ1) is 10.2. The van der Waals surface area contributed by atoms with Crippen molar-refractivity contribution in [3.63, 3.8) is 0 Å². The molecule has 1 aromatic carbocycles. The first kappa shape index (κ1) is 17.0. The van der Waals surface area contributed by atoms with Crippen molar-refractivity contribution in [2.45, 2.75) is 52.5 Å². The van der Waals surface area contributed by atoms with Gasteiger partial charge in [0.05, 0.1) is 0 Å². The van der Waals surface area contributed by atoms with Gasteiger partial charge in [0.25, 0.3) is 0 Å². The van der Waals surface area contributed by atoms with Crippen LogP contribution in [-0.4, -0.2) is 6.54 Å². The van der Waals surface area contributed by atoms with Gasteiger partial charge >= 0.3 is 0 Å². The SMILES string of the molecule is CCCCC(CC)C(NCC)c1csc2c(Br)cccc12. The van der Waals surface area contributed by atoms with Gasteiger partial charge < -0.3 is 5.32 Å². The molecular formula is C18H26BrNS. The second-order valence-electron chi connectivity index (χ2n) is 5.65. The minimum atomic E-state index is 0.481. The molecule has 0 aliphatic heterocycles. The lowest BCUT2D eigenvalue weighted by Crippen LogP contribution is -2.28. The van der Waals surface area contributed by atoms with E-state index in [1.165, 1.54) is 45.8 Å². The first-order valence-electron chi connectivity index (χ1n) is 8.11. The van der Waals surface area contributed by atoms with Crippen LogP contribution in [0.1, 0.15) is 58.1 Å². The Bertz CT molecular complexity index is 563. The molecule has 0 spiro atoms. The van der Waals surface area contributed by atoms with Gasteiger partial charge in [-0.1, -0.05) is 52.2 Å². The lowest BCUT2D eigenvalue weighted by atomic mass is 9.86. The fourth-order valence-electron chi connectivity index (χ4n) is 3.11. The molecular weight excluding hydrogens is 342 g/mol. The Labute approximate surface area is 141 Å². The van der Waals surface area contributed by atoms with Gasteiger partial charge in [0.15, 0.2) is 0 Å². The highest BCUT2D eigenvalue weighted by Crippen LogP contribution is 2.39. The number of benzene rings is 1. The molecule has 2 atom stereocenters. The van der Waals surface area contributed by atoms with Gasteiger partial charge in [0, 0.05) is 15.2 Å². The van der Waals surface area contributed by atoms with Gasteiger partial charge in [-0.15, -0.1) is 11.3 Å². The van der Waals surface area contributed by atoms with Crippen molar-refractivity contribution in [1.82, 2.24) is 5.32 Å². The molecule has 1 heterocycles. The molecule has 0 amide bonds. The fraction of sp³-hybridized carbons (Fsp3) is 0.556. The van der Waals surface area contributed by atoms with Crippen LogP contribution in [0.3, 0.4) is 0 Å². The summed E-state index contributed by atoms with van der Waals surface area (Å²) in [4.78, 5) is 0. The van der Waals surface area contributed by atoms with Crippen molar-refractivity contribution in [2.75, 3.05) is 6.54 Å². The van der Waals surface area contributed by atoms with Crippen LogP contribution < -0.4 is 5.32 Å². The van der Waals surface area contributed by atoms with E-state index in [0.29, 0.717) is 6.04 Å². The second-order valence-corrected chi connectivity index (χ2v) is 7.39. The molecule has 21 heavy (non-hydrogen) atoms. The Morgan fingerprint density at radius 3 is 2.71 bits per heavy atom. The minimum Gasteiger partial charge on any atom is -0.310 e. The van der Waals surface area contributed by atoms with E-state index in [4.69, 9.17) is 0 Å². The molecule has 0 bridgehead atoms. The average molecular weight is 368 g/mol. The molecule has 0 radical (unpaired) electrons. The normalized spacial score (nSPS) is 14.5. The van der Waals surface area contributed by atoms with Crippen molar-refractivity contribution < 1.29 is 0 Å². The van der Waals surface area contributed by atoms with Gasteiger partial charge in [0.2, 0.25) is 0 Å². The largest absolute Gasteiger partial charge is 0.310 e. The van der Waals surface area contributed by atoms with Crippen molar-refractivity contribution in [3.8, 4) is 0 Å². The zero-order chi connectivity index (χ0) is 15.2. The van der Waals surface area contributed by atoms with Crippen molar-refractivity contribution >= 4 is 37.4 Å². The maximum Gasteiger partial charge on any atom is 0.0488 e. The molecule has 0 fully saturated rings. The van der Waals surface area contributed by atoms with Gasteiger partial charge in [-0.05, 0) is 57.2 Å². The smallest absolute Gasteiger partial charge is 0.0488 e. The second kappa shape index (κ2) is 8.30. The van der Waals surface area contributed by atoms with E-state index in [-0.39, 0.29) is 0 Å². The van der Waals surface area contributed by atoms with Gasteiger partial charge in [-0.2, -0.15) is 0 Å². The number of hydrogen-bond acceptors (Lipinski definition) is 2. The molecule has 0 aliphatic rings. The maximum absolute atomic E-state index is 3.75. The highest BCUT2D eigenvalue weighted by molar-refractivity contribution is 9.10. The quantitative estimate of drug-likeness (QED) is 0.558. The van der Waals surface area contributed by atoms with Crippen LogP contribution in [0.4, 0.5) is 0 Å². The van der Waals surface area contributed by atoms with E-state index in [1.54, 1.807) is 0 Å². The number of unbranched alkanes of at least 4 members (excludes halogenated alkanes) is 1. The van der Waals surface area contributed by atoms with Gasteiger partial charge in [-0.3, -0.25) is 0 Å². The summed E-state index contributed by atoms with van der Waals surface area (Å²) >= 11 is 5.54. The third-order valence-corrected chi connectivity index (χ3v) is 6.24. The summed E-state index contributed by atoms with van der Waals surface area (Å²) in [6, 6.07) is 7.04. The number of hydrogen-bond donors (Lipinski definition) is 1. The van der Waals surface area contributed by atoms with E-state index < -0.39 is 0 Å². The van der Waals surface area contributed by atoms with Crippen LogP contribution in [0, 0.1) is 5.92 Å². The highest BCUT2D eigenvalue weighted by atomic mass is 79.9. The van der Waals surface area contributed by atoms with E-state index in [9.17, 15) is 0 Å². The standard InChI is InChI=1S/C18H26BrNS/c1-4-7-9-13(5-2)17(20-6-3)15-12-21-18-14(15)10-8-11-16(18)19/h8,10-13,17,20H,4-7,9H2,1-3H3. The Kier molecular flexibility index (Phi) is 6.72. The van der Waals surface area contributed by atoms with Crippen LogP contribution in [0.5, 0.6) is 0 Å². The molecule has 1 nitrogen and oxygen atoms in total. The molecule has 1 aromatic heterocycles. The molecule has 2 aromatic rings. The molecule has 0 aliphatic carbocycles. The monoisotopic (exact) mass is 367 g/mol. The number of rotatable bonds is 8. The van der Waals surface area contributed by atoms with Crippen LogP contribution in [0.2, 0.25) is 0 Å². The summed E-state index contributed by atoms with van der Waals surface area (Å²) in [5.74, 6) is 0.724. The fourth-order valence-corrected chi connectivity index (χ4v) is 4.76. The van der Waals surface area contributed by atoms with E-state index in [2.05, 4.69) is 65.6 Å². The van der Waals surface area contributed by atoms with Crippen molar-refractivity contribution in [3.05, 3.63) is 33.6 Å². The predicted octanol–water partition coefficient (Wildman–Crippen LogP) is 6.53. The van der Waals surface area contributed by atoms with E-state index >= 15 is 0 Å². The van der Waals surface area contributed by atoms with Gasteiger partial charge in [0.1, 0.15) is 0 Å². The maximum atomic E-state index is 3.75. The van der Waals surface area contributed by atoms with E-state index in [0.717, 1.165) is 12.5 Å². The molecule has 2 rings (SSSR count). The van der Waals surface area contributed by atoms with Crippen molar-refractivity contribution in [1.29, 1.82) is 0 Å². The Balaban J connectivity index is 2.37. The lowest BCUT2D eigenvalue weighted by molar-refractivity contribution is 0.330. The Morgan fingerprint density at radius 1 is 1.24 bits per heavy atom. The minimum absolute atomic E-state index is 0.481. The third-order valence-electron chi connectivity index (χ3n) is 4.27. The molecule has 1 N–H and O–H groups in total. The summed E-state index contributed by atoms with van der Waals surface area (Å²) in [6.45, 7) is 7.85. The topological polar surface area (TPSA) is 12.0 Å². The molecule has 2 unspecified atom stereocenters. The first-order valence-corrected chi connectivity index (χ1v) is 9.79. The summed E-state index contributed by atoms with van der Waals surface area (Å²) in [5, 5.41) is 7.52. The van der Waals surface area contributed by atoms with Crippen LogP contribution >= 0.6 is 27.3 Å². The molecule has 0 saturated carbocycles. The van der Waals surface area contributed by atoms with Crippen molar-refractivity contribution in [2.24, 2.45) is 5.92 Å². The third kappa shape index (κ3) is 3.88. The zero-order valence-corrected chi connectivity index (χ0v) is 15.7. The molecule has 3 heteroatoms. The average Bonchev–Trinajstić information content (AvgIpc) is 2.92. The summed E-state index contributed by atoms with van der Waals surface area (Å²) < 4.78 is 2.59.